The molecule has 3 unspecified atom stereocenters. The third-order valence-corrected chi connectivity index (χ3v) is 6.10. The van der Waals surface area contributed by atoms with Crippen LogP contribution in [-0.4, -0.2) is 46.6 Å². The van der Waals surface area contributed by atoms with Crippen LogP contribution in [0.25, 0.3) is 0 Å². The lowest BCUT2D eigenvalue weighted by Gasteiger charge is -2.32. The number of carbonyl (C=O) groups is 2. The third-order valence-electron chi connectivity index (χ3n) is 5.35. The molecule has 0 bridgehead atoms. The van der Waals surface area contributed by atoms with E-state index in [1.165, 1.54) is 11.3 Å². The highest BCUT2D eigenvalue weighted by Crippen LogP contribution is 2.27. The SMILES string of the molecule is CC(C)(C)NC(=O)OCC(O)C(NC(=O)OCc1cncs1)C(Cc1ccccc1)c1ccccc1. The molecule has 36 heavy (non-hydrogen) atoms. The number of benzene rings is 2. The molecular weight excluding hydrogens is 478 g/mol. The first-order valence-corrected chi connectivity index (χ1v) is 12.6. The van der Waals surface area contributed by atoms with Crippen molar-refractivity contribution in [2.24, 2.45) is 0 Å². The van der Waals surface area contributed by atoms with Gasteiger partial charge in [-0.2, -0.15) is 0 Å². The molecule has 9 heteroatoms. The fourth-order valence-electron chi connectivity index (χ4n) is 3.72. The van der Waals surface area contributed by atoms with Crippen molar-refractivity contribution in [3.63, 3.8) is 0 Å². The maximum Gasteiger partial charge on any atom is 0.407 e. The van der Waals surface area contributed by atoms with Gasteiger partial charge >= 0.3 is 12.2 Å². The molecule has 0 aliphatic heterocycles. The summed E-state index contributed by atoms with van der Waals surface area (Å²) in [6, 6.07) is 18.6. The Morgan fingerprint density at radius 1 is 1.00 bits per heavy atom. The van der Waals surface area contributed by atoms with Crippen LogP contribution in [0, 0.1) is 0 Å². The van der Waals surface area contributed by atoms with Crippen LogP contribution in [0.4, 0.5) is 9.59 Å². The van der Waals surface area contributed by atoms with Crippen molar-refractivity contribution in [2.75, 3.05) is 6.61 Å². The van der Waals surface area contributed by atoms with E-state index < -0.39 is 29.9 Å². The first kappa shape index (κ1) is 27.2. The van der Waals surface area contributed by atoms with Gasteiger partial charge < -0.3 is 25.2 Å². The largest absolute Gasteiger partial charge is 0.447 e. The first-order chi connectivity index (χ1) is 17.2. The minimum absolute atomic E-state index is 0.0679. The quantitative estimate of drug-likeness (QED) is 0.366. The Bertz CT molecular complexity index is 1070. The topological polar surface area (TPSA) is 110 Å². The van der Waals surface area contributed by atoms with Crippen LogP contribution in [0.5, 0.6) is 0 Å². The van der Waals surface area contributed by atoms with Gasteiger partial charge in [-0.1, -0.05) is 60.7 Å². The Hall–Kier alpha value is -3.43. The van der Waals surface area contributed by atoms with Gasteiger partial charge in [0.25, 0.3) is 0 Å². The average Bonchev–Trinajstić information content (AvgIpc) is 3.37. The van der Waals surface area contributed by atoms with Crippen LogP contribution in [0.1, 0.15) is 42.7 Å². The highest BCUT2D eigenvalue weighted by Gasteiger charge is 2.33. The summed E-state index contributed by atoms with van der Waals surface area (Å²) in [5, 5.41) is 16.7. The Morgan fingerprint density at radius 3 is 2.28 bits per heavy atom. The third kappa shape index (κ3) is 8.98. The number of thiazole rings is 1. The van der Waals surface area contributed by atoms with E-state index in [9.17, 15) is 14.7 Å². The van der Waals surface area contributed by atoms with E-state index in [4.69, 9.17) is 9.47 Å². The molecule has 0 aliphatic rings. The molecule has 8 nitrogen and oxygen atoms in total. The monoisotopic (exact) mass is 511 g/mol. The van der Waals surface area contributed by atoms with Crippen LogP contribution >= 0.6 is 11.3 Å². The summed E-state index contributed by atoms with van der Waals surface area (Å²) < 4.78 is 10.7. The number of nitrogens with zero attached hydrogens (tertiary/aromatic N) is 1. The number of hydrogen-bond acceptors (Lipinski definition) is 7. The van der Waals surface area contributed by atoms with E-state index in [-0.39, 0.29) is 19.1 Å². The Kier molecular flexibility index (Phi) is 9.84. The molecule has 0 radical (unpaired) electrons. The summed E-state index contributed by atoms with van der Waals surface area (Å²) in [4.78, 5) is 29.8. The highest BCUT2D eigenvalue weighted by atomic mass is 32.1. The van der Waals surface area contributed by atoms with Crippen molar-refractivity contribution in [1.82, 2.24) is 15.6 Å². The number of nitrogens with one attached hydrogen (secondary N) is 2. The van der Waals surface area contributed by atoms with Gasteiger partial charge in [-0.25, -0.2) is 9.59 Å². The standard InChI is InChI=1S/C27H33N3O5S/c1-27(2,3)30-26(33)35-17-23(31)24(29-25(32)34-16-21-15-28-18-36-21)22(20-12-8-5-9-13-20)14-19-10-6-4-7-11-19/h4-13,15,18,22-24,31H,14,16-17H2,1-3H3,(H,29,32)(H,30,33). The second-order valence-electron chi connectivity index (χ2n) is 9.46. The van der Waals surface area contributed by atoms with E-state index >= 15 is 0 Å². The van der Waals surface area contributed by atoms with Crippen molar-refractivity contribution in [1.29, 1.82) is 0 Å². The van der Waals surface area contributed by atoms with Gasteiger partial charge in [0, 0.05) is 17.7 Å². The number of amides is 2. The molecule has 0 spiro atoms. The van der Waals surface area contributed by atoms with Crippen molar-refractivity contribution in [3.05, 3.63) is 88.4 Å². The summed E-state index contributed by atoms with van der Waals surface area (Å²) in [5.74, 6) is -0.325. The minimum atomic E-state index is -1.19. The van der Waals surface area contributed by atoms with E-state index in [0.29, 0.717) is 6.42 Å². The number of carbonyl (C=O) groups excluding carboxylic acids is 2. The van der Waals surface area contributed by atoms with E-state index in [2.05, 4.69) is 15.6 Å². The van der Waals surface area contributed by atoms with Gasteiger partial charge in [0.15, 0.2) is 0 Å². The molecule has 0 saturated heterocycles. The Labute approximate surface area is 215 Å². The van der Waals surface area contributed by atoms with Crippen molar-refractivity contribution < 1.29 is 24.2 Å². The van der Waals surface area contributed by atoms with Gasteiger partial charge in [0.1, 0.15) is 19.3 Å². The molecule has 0 fully saturated rings. The summed E-state index contributed by atoms with van der Waals surface area (Å²) in [7, 11) is 0. The smallest absolute Gasteiger partial charge is 0.407 e. The number of ether oxygens (including phenoxy) is 2. The minimum Gasteiger partial charge on any atom is -0.447 e. The predicted octanol–water partition coefficient (Wildman–Crippen LogP) is 4.65. The molecule has 0 aliphatic carbocycles. The zero-order chi connectivity index (χ0) is 26.0. The lowest BCUT2D eigenvalue weighted by Crippen LogP contribution is -2.50. The number of alkyl carbamates (subject to hydrolysis) is 2. The van der Waals surface area contributed by atoms with Gasteiger partial charge in [-0.3, -0.25) is 4.98 Å². The van der Waals surface area contributed by atoms with Gasteiger partial charge in [-0.05, 0) is 38.3 Å². The second-order valence-corrected chi connectivity index (χ2v) is 10.4. The van der Waals surface area contributed by atoms with Crippen LogP contribution in [0.3, 0.4) is 0 Å². The van der Waals surface area contributed by atoms with E-state index in [0.717, 1.165) is 16.0 Å². The fraction of sp³-hybridized carbons (Fsp3) is 0.370. The molecular formula is C27H33N3O5S. The lowest BCUT2D eigenvalue weighted by molar-refractivity contribution is 0.0339. The molecule has 0 saturated carbocycles. The number of aliphatic hydroxyl groups is 1. The second kappa shape index (κ2) is 13.0. The maximum absolute atomic E-state index is 12.8. The average molecular weight is 512 g/mol. The Morgan fingerprint density at radius 2 is 1.67 bits per heavy atom. The summed E-state index contributed by atoms with van der Waals surface area (Å²) in [6.07, 6.45) is -0.349. The molecule has 1 aromatic heterocycles. The van der Waals surface area contributed by atoms with Gasteiger partial charge in [0.05, 0.1) is 16.4 Å². The molecule has 3 atom stereocenters. The molecule has 2 aromatic carbocycles. The van der Waals surface area contributed by atoms with Gasteiger partial charge in [-0.15, -0.1) is 11.3 Å². The number of aromatic nitrogens is 1. The molecule has 3 rings (SSSR count). The first-order valence-electron chi connectivity index (χ1n) is 11.7. The fourth-order valence-corrected chi connectivity index (χ4v) is 4.23. The highest BCUT2D eigenvalue weighted by molar-refractivity contribution is 7.09. The Balaban J connectivity index is 1.81. The molecule has 192 valence electrons. The van der Waals surface area contributed by atoms with Crippen LogP contribution < -0.4 is 10.6 Å². The summed E-state index contributed by atoms with van der Waals surface area (Å²) >= 11 is 1.38. The zero-order valence-electron chi connectivity index (χ0n) is 20.7. The normalized spacial score (nSPS) is 13.8. The van der Waals surface area contributed by atoms with Crippen molar-refractivity contribution in [2.45, 2.75) is 57.4 Å². The van der Waals surface area contributed by atoms with Gasteiger partial charge in [0.2, 0.25) is 0 Å². The molecule has 3 N–H and O–H groups in total. The number of aliphatic hydroxyl groups excluding tert-OH is 1. The van der Waals surface area contributed by atoms with Crippen LogP contribution in [0.15, 0.2) is 72.4 Å². The lowest BCUT2D eigenvalue weighted by atomic mass is 9.83. The molecule has 3 aromatic rings. The molecule has 1 heterocycles. The zero-order valence-corrected chi connectivity index (χ0v) is 21.5. The predicted molar refractivity (Wildman–Crippen MR) is 139 cm³/mol. The summed E-state index contributed by atoms with van der Waals surface area (Å²) in [5.41, 5.74) is 3.14. The van der Waals surface area contributed by atoms with Crippen molar-refractivity contribution in [3.8, 4) is 0 Å². The summed E-state index contributed by atoms with van der Waals surface area (Å²) in [6.45, 7) is 5.26. The van der Waals surface area contributed by atoms with Crippen molar-refractivity contribution >= 4 is 23.5 Å². The molecule has 2 amide bonds. The van der Waals surface area contributed by atoms with E-state index in [1.54, 1.807) is 11.7 Å². The maximum atomic E-state index is 12.8. The van der Waals surface area contributed by atoms with Crippen LogP contribution in [0.2, 0.25) is 0 Å². The number of rotatable bonds is 10. The van der Waals surface area contributed by atoms with Crippen LogP contribution in [-0.2, 0) is 22.5 Å². The number of hydrogen-bond donors (Lipinski definition) is 3. The van der Waals surface area contributed by atoms with E-state index in [1.807, 2.05) is 81.4 Å².